The lowest BCUT2D eigenvalue weighted by Crippen LogP contribution is -2.02. The Hall–Kier alpha value is -2.51. The van der Waals surface area contributed by atoms with Crippen LogP contribution in [0.3, 0.4) is 0 Å². The third kappa shape index (κ3) is 1.36. The van der Waals surface area contributed by atoms with Crippen LogP contribution in [0.25, 0.3) is 5.78 Å². The largest absolute Gasteiger partial charge is 0.477 e. The number of aromatic nitrogens is 3. The molecule has 0 saturated carbocycles. The van der Waals surface area contributed by atoms with Gasteiger partial charge in [0.25, 0.3) is 0 Å². The number of hydrogen-bond donors (Lipinski definition) is 1. The Kier molecular flexibility index (Phi) is 2.04. The molecule has 2 aromatic heterocycles. The Balaban J connectivity index is 2.79. The van der Waals surface area contributed by atoms with Gasteiger partial charge in [0.1, 0.15) is 17.5 Å². The molecule has 0 atom stereocenters. The lowest BCUT2D eigenvalue weighted by atomic mass is 10.3. The van der Waals surface area contributed by atoms with E-state index in [4.69, 9.17) is 5.11 Å². The average Bonchev–Trinajstić information content (AvgIpc) is 2.51. The zero-order valence-electron chi connectivity index (χ0n) is 8.12. The number of hydrogen-bond acceptors (Lipinski definition) is 5. The van der Waals surface area contributed by atoms with Crippen LogP contribution in [0.2, 0.25) is 0 Å². The van der Waals surface area contributed by atoms with E-state index in [1.165, 1.54) is 6.92 Å². The summed E-state index contributed by atoms with van der Waals surface area (Å²) in [6.45, 7) is 1.47. The lowest BCUT2D eigenvalue weighted by Gasteiger charge is -1.95. The summed E-state index contributed by atoms with van der Waals surface area (Å²) in [6.07, 6.45) is 2.23. The van der Waals surface area contributed by atoms with Gasteiger partial charge in [-0.25, -0.2) is 4.79 Å². The molecule has 2 aromatic rings. The van der Waals surface area contributed by atoms with E-state index >= 15 is 0 Å². The Bertz CT molecular complexity index is 603. The fourth-order valence-electron chi connectivity index (χ4n) is 1.36. The second kappa shape index (κ2) is 3.26. The van der Waals surface area contributed by atoms with Crippen LogP contribution in [-0.4, -0.2) is 30.4 Å². The van der Waals surface area contributed by atoms with Crippen LogP contribution in [0.1, 0.15) is 16.1 Å². The third-order valence-electron chi connectivity index (χ3n) is 2.04. The number of fused-ring (bicyclic) bond motifs is 1. The maximum absolute atomic E-state index is 10.7. The fraction of sp³-hybridized carbons (Fsp3) is 0.125. The number of nitrogens with zero attached hydrogens (tertiary/aromatic N) is 4. The standard InChI is InChI=1S/C8H6N4O4/c1-4-6(12(15)16)11-3-5(7(13)14)2-9-8(11)10-4/h2-3H,1H3,(H,13,14). The van der Waals surface area contributed by atoms with E-state index in [1.54, 1.807) is 0 Å². The molecule has 16 heavy (non-hydrogen) atoms. The molecule has 1 N–H and O–H groups in total. The van der Waals surface area contributed by atoms with E-state index < -0.39 is 10.9 Å². The molecule has 0 fully saturated rings. The molecule has 0 unspecified atom stereocenters. The summed E-state index contributed by atoms with van der Waals surface area (Å²) in [5.74, 6) is -1.37. The number of nitro groups is 1. The van der Waals surface area contributed by atoms with Crippen LogP contribution in [0.5, 0.6) is 0 Å². The minimum Gasteiger partial charge on any atom is -0.477 e. The number of aromatic carboxylic acids is 1. The van der Waals surface area contributed by atoms with Crippen LogP contribution in [-0.2, 0) is 0 Å². The van der Waals surface area contributed by atoms with E-state index in [0.717, 1.165) is 16.8 Å². The molecule has 0 aliphatic heterocycles. The van der Waals surface area contributed by atoms with Crippen molar-refractivity contribution in [1.29, 1.82) is 0 Å². The van der Waals surface area contributed by atoms with E-state index in [2.05, 4.69) is 9.97 Å². The molecule has 0 aliphatic rings. The van der Waals surface area contributed by atoms with Crippen molar-refractivity contribution in [2.24, 2.45) is 0 Å². The average molecular weight is 222 g/mol. The Morgan fingerprint density at radius 2 is 2.31 bits per heavy atom. The normalized spacial score (nSPS) is 10.6. The second-order valence-corrected chi connectivity index (χ2v) is 3.10. The fourth-order valence-corrected chi connectivity index (χ4v) is 1.36. The highest BCUT2D eigenvalue weighted by atomic mass is 16.6. The summed E-state index contributed by atoms with van der Waals surface area (Å²) < 4.78 is 1.05. The van der Waals surface area contributed by atoms with E-state index in [1.807, 2.05) is 0 Å². The number of carboxylic acids is 1. The first-order valence-electron chi connectivity index (χ1n) is 4.23. The van der Waals surface area contributed by atoms with E-state index in [9.17, 15) is 14.9 Å². The first-order valence-corrected chi connectivity index (χ1v) is 4.23. The molecule has 82 valence electrons. The van der Waals surface area contributed by atoms with Crippen molar-refractivity contribution in [2.75, 3.05) is 0 Å². The van der Waals surface area contributed by atoms with Crippen molar-refractivity contribution in [2.45, 2.75) is 6.92 Å². The summed E-state index contributed by atoms with van der Waals surface area (Å²) in [4.78, 5) is 28.4. The molecule has 0 aliphatic carbocycles. The lowest BCUT2D eigenvalue weighted by molar-refractivity contribution is -0.390. The molecule has 0 aromatic carbocycles. The van der Waals surface area contributed by atoms with Crippen molar-refractivity contribution >= 4 is 17.6 Å². The number of carboxylic acid groups (broad SMARTS) is 1. The minimum atomic E-state index is -1.20. The molecule has 8 nitrogen and oxygen atoms in total. The SMILES string of the molecule is Cc1nc2ncc(C(=O)O)cn2c1[N+](=O)[O-]. The van der Waals surface area contributed by atoms with Gasteiger partial charge >= 0.3 is 17.6 Å². The molecular weight excluding hydrogens is 216 g/mol. The van der Waals surface area contributed by atoms with Gasteiger partial charge in [-0.1, -0.05) is 0 Å². The third-order valence-corrected chi connectivity index (χ3v) is 2.04. The highest BCUT2D eigenvalue weighted by Crippen LogP contribution is 2.18. The molecule has 0 amide bonds. The van der Waals surface area contributed by atoms with Crippen LogP contribution < -0.4 is 0 Å². The topological polar surface area (TPSA) is 111 Å². The Morgan fingerprint density at radius 1 is 1.62 bits per heavy atom. The maximum atomic E-state index is 10.7. The Labute approximate surface area is 88.3 Å². The van der Waals surface area contributed by atoms with E-state index in [0.29, 0.717) is 0 Å². The van der Waals surface area contributed by atoms with Crippen molar-refractivity contribution in [3.8, 4) is 0 Å². The van der Waals surface area contributed by atoms with Gasteiger partial charge in [0, 0.05) is 0 Å². The molecule has 8 heteroatoms. The summed E-state index contributed by atoms with van der Waals surface area (Å²) in [6, 6.07) is 0. The van der Waals surface area contributed by atoms with Gasteiger partial charge in [-0.3, -0.25) is 0 Å². The summed E-state index contributed by atoms with van der Waals surface area (Å²) >= 11 is 0. The van der Waals surface area contributed by atoms with Gasteiger partial charge in [-0.15, -0.1) is 0 Å². The molecular formula is C8H6N4O4. The smallest absolute Gasteiger partial charge is 0.352 e. The zero-order valence-corrected chi connectivity index (χ0v) is 8.12. The quantitative estimate of drug-likeness (QED) is 0.589. The molecule has 0 bridgehead atoms. The van der Waals surface area contributed by atoms with E-state index in [-0.39, 0.29) is 22.9 Å². The number of imidazole rings is 1. The highest BCUT2D eigenvalue weighted by Gasteiger charge is 2.21. The van der Waals surface area contributed by atoms with Gasteiger partial charge in [0.15, 0.2) is 0 Å². The molecule has 2 heterocycles. The first-order chi connectivity index (χ1) is 7.50. The van der Waals surface area contributed by atoms with Gasteiger partial charge in [-0.2, -0.15) is 14.4 Å². The second-order valence-electron chi connectivity index (χ2n) is 3.10. The molecule has 0 saturated heterocycles. The van der Waals surface area contributed by atoms with Gasteiger partial charge in [0.2, 0.25) is 0 Å². The maximum Gasteiger partial charge on any atom is 0.352 e. The summed E-state index contributed by atoms with van der Waals surface area (Å²) in [5, 5.41) is 19.5. The zero-order chi connectivity index (χ0) is 11.9. The molecule has 2 rings (SSSR count). The van der Waals surface area contributed by atoms with Crippen molar-refractivity contribution in [3.63, 3.8) is 0 Å². The highest BCUT2D eigenvalue weighted by molar-refractivity contribution is 5.87. The molecule has 0 spiro atoms. The van der Waals surface area contributed by atoms with Crippen molar-refractivity contribution in [1.82, 2.24) is 14.4 Å². The first kappa shape index (κ1) is 10.0. The van der Waals surface area contributed by atoms with Crippen molar-refractivity contribution < 1.29 is 14.8 Å². The minimum absolute atomic E-state index is 0.106. The number of carbonyl (C=O) groups is 1. The number of aryl methyl sites for hydroxylation is 1. The number of rotatable bonds is 2. The Morgan fingerprint density at radius 3 is 2.88 bits per heavy atom. The van der Waals surface area contributed by atoms with Crippen LogP contribution >= 0.6 is 0 Å². The molecule has 0 radical (unpaired) electrons. The predicted octanol–water partition coefficient (Wildman–Crippen LogP) is 0.644. The van der Waals surface area contributed by atoms with Gasteiger partial charge in [-0.05, 0) is 11.8 Å². The van der Waals surface area contributed by atoms with Gasteiger partial charge < -0.3 is 15.2 Å². The van der Waals surface area contributed by atoms with Crippen LogP contribution in [0.15, 0.2) is 12.4 Å². The predicted molar refractivity (Wildman–Crippen MR) is 51.3 cm³/mol. The van der Waals surface area contributed by atoms with Crippen molar-refractivity contribution in [3.05, 3.63) is 33.8 Å². The van der Waals surface area contributed by atoms with Crippen LogP contribution in [0, 0.1) is 17.0 Å². The monoisotopic (exact) mass is 222 g/mol. The van der Waals surface area contributed by atoms with Gasteiger partial charge in [0.05, 0.1) is 6.20 Å². The van der Waals surface area contributed by atoms with Crippen LogP contribution in [0.4, 0.5) is 5.82 Å². The summed E-state index contributed by atoms with van der Waals surface area (Å²) in [5.41, 5.74) is 0.0630. The summed E-state index contributed by atoms with van der Waals surface area (Å²) in [7, 11) is 0.